The maximum Gasteiger partial charge on any atom is 0.323 e. The van der Waals surface area contributed by atoms with Crippen molar-refractivity contribution < 1.29 is 24.5 Å². The molecule has 1 aliphatic rings. The summed E-state index contributed by atoms with van der Waals surface area (Å²) in [6, 6.07) is 22.0. The van der Waals surface area contributed by atoms with Crippen molar-refractivity contribution in [3.05, 3.63) is 101 Å². The highest BCUT2D eigenvalue weighted by atomic mass is 16.5. The van der Waals surface area contributed by atoms with Crippen LogP contribution in [0.2, 0.25) is 0 Å². The number of hydrogen-bond donors (Lipinski definition) is 2. The third-order valence-electron chi connectivity index (χ3n) is 6.62. The molecule has 2 N–H and O–H groups in total. The van der Waals surface area contributed by atoms with Gasteiger partial charge in [-0.05, 0) is 58.9 Å². The zero-order valence-corrected chi connectivity index (χ0v) is 19.8. The number of hydrogen-bond acceptors (Lipinski definition) is 3. The molecule has 0 radical (unpaired) electrons. The Balaban J connectivity index is 1.30. The predicted molar refractivity (Wildman–Crippen MR) is 139 cm³/mol. The number of ether oxygens (including phenoxy) is 1. The standard InChI is InChI=1S/C30H27NO5/c32-28(33)16-25-17-31(18-29(34)35)27-7-3-6-22(30(25)27)11-8-20-9-12-26(13-10-20)36-19-21-14-23-4-1-2-5-24(23)15-21/h1-13,17,21H,14-16,18-19H2,(H,32,33)(H,34,35)/b11-8+. The van der Waals surface area contributed by atoms with Crippen molar-refractivity contribution in [1.29, 1.82) is 0 Å². The number of carboxylic acid groups (broad SMARTS) is 2. The van der Waals surface area contributed by atoms with Gasteiger partial charge in [0, 0.05) is 23.0 Å². The molecule has 5 rings (SSSR count). The van der Waals surface area contributed by atoms with Gasteiger partial charge in [-0.15, -0.1) is 0 Å². The second-order valence-electron chi connectivity index (χ2n) is 9.24. The Labute approximate surface area is 209 Å². The van der Waals surface area contributed by atoms with Gasteiger partial charge in [-0.1, -0.05) is 60.7 Å². The lowest BCUT2D eigenvalue weighted by atomic mass is 10.0. The summed E-state index contributed by atoms with van der Waals surface area (Å²) in [5.41, 5.74) is 5.97. The fourth-order valence-corrected chi connectivity index (χ4v) is 5.02. The summed E-state index contributed by atoms with van der Waals surface area (Å²) in [5.74, 6) is -0.606. The second-order valence-corrected chi connectivity index (χ2v) is 9.24. The number of fused-ring (bicyclic) bond motifs is 2. The minimum atomic E-state index is -0.977. The number of carbonyl (C=O) groups is 2. The Bertz CT molecular complexity index is 1420. The highest BCUT2D eigenvalue weighted by molar-refractivity contribution is 5.96. The second kappa shape index (κ2) is 10.1. The van der Waals surface area contributed by atoms with E-state index in [1.54, 1.807) is 10.8 Å². The maximum atomic E-state index is 11.4. The topological polar surface area (TPSA) is 88.8 Å². The average Bonchev–Trinajstić information content (AvgIpc) is 3.43. The van der Waals surface area contributed by atoms with Gasteiger partial charge in [-0.25, -0.2) is 0 Å². The summed E-state index contributed by atoms with van der Waals surface area (Å²) in [6.45, 7) is 0.462. The van der Waals surface area contributed by atoms with Crippen molar-refractivity contribution in [3.8, 4) is 5.75 Å². The molecule has 0 saturated heterocycles. The first-order valence-corrected chi connectivity index (χ1v) is 12.0. The van der Waals surface area contributed by atoms with Crippen molar-refractivity contribution in [2.45, 2.75) is 25.8 Å². The van der Waals surface area contributed by atoms with Crippen LogP contribution in [0, 0.1) is 5.92 Å². The molecule has 0 spiro atoms. The molecule has 0 unspecified atom stereocenters. The number of aliphatic carboxylic acids is 2. The molecule has 0 bridgehead atoms. The third kappa shape index (κ3) is 5.18. The van der Waals surface area contributed by atoms with Gasteiger partial charge in [0.05, 0.1) is 13.0 Å². The van der Waals surface area contributed by atoms with Crippen molar-refractivity contribution in [2.24, 2.45) is 5.92 Å². The minimum Gasteiger partial charge on any atom is -0.493 e. The Morgan fingerprint density at radius 3 is 2.28 bits per heavy atom. The van der Waals surface area contributed by atoms with Crippen LogP contribution in [0.25, 0.3) is 23.1 Å². The molecule has 6 heteroatoms. The summed E-state index contributed by atoms with van der Waals surface area (Å²) in [4.78, 5) is 22.7. The van der Waals surface area contributed by atoms with Crippen LogP contribution in [0.4, 0.5) is 0 Å². The Morgan fingerprint density at radius 2 is 1.61 bits per heavy atom. The molecule has 1 heterocycles. The summed E-state index contributed by atoms with van der Waals surface area (Å²) in [6.07, 6.45) is 7.46. The highest BCUT2D eigenvalue weighted by Crippen LogP contribution is 2.29. The summed E-state index contributed by atoms with van der Waals surface area (Å²) >= 11 is 0. The van der Waals surface area contributed by atoms with Crippen LogP contribution in [-0.2, 0) is 35.4 Å². The maximum absolute atomic E-state index is 11.4. The Hall–Kier alpha value is -4.32. The molecule has 1 aliphatic carbocycles. The fourth-order valence-electron chi connectivity index (χ4n) is 5.02. The van der Waals surface area contributed by atoms with Gasteiger partial charge in [0.25, 0.3) is 0 Å². The average molecular weight is 482 g/mol. The molecular weight excluding hydrogens is 454 g/mol. The number of benzene rings is 3. The van der Waals surface area contributed by atoms with Crippen LogP contribution in [0.15, 0.2) is 72.9 Å². The van der Waals surface area contributed by atoms with E-state index in [0.29, 0.717) is 23.6 Å². The van der Waals surface area contributed by atoms with Gasteiger partial charge in [-0.2, -0.15) is 0 Å². The van der Waals surface area contributed by atoms with Gasteiger partial charge in [0.1, 0.15) is 12.3 Å². The van der Waals surface area contributed by atoms with Crippen molar-refractivity contribution in [2.75, 3.05) is 6.61 Å². The van der Waals surface area contributed by atoms with E-state index in [9.17, 15) is 19.8 Å². The fraction of sp³-hybridized carbons (Fsp3) is 0.200. The molecule has 0 fully saturated rings. The van der Waals surface area contributed by atoms with Crippen LogP contribution in [0.3, 0.4) is 0 Å². The van der Waals surface area contributed by atoms with E-state index in [1.165, 1.54) is 11.1 Å². The third-order valence-corrected chi connectivity index (χ3v) is 6.62. The minimum absolute atomic E-state index is 0.175. The Morgan fingerprint density at radius 1 is 0.889 bits per heavy atom. The molecule has 3 aromatic carbocycles. The van der Waals surface area contributed by atoms with Gasteiger partial charge in [0.2, 0.25) is 0 Å². The van der Waals surface area contributed by atoms with E-state index in [0.717, 1.165) is 35.1 Å². The van der Waals surface area contributed by atoms with Crippen LogP contribution in [0.5, 0.6) is 5.75 Å². The SMILES string of the molecule is O=C(O)Cc1cn(CC(=O)O)c2cccc(/C=C/c3ccc(OCC4Cc5ccccc5C4)cc3)c12. The summed E-state index contributed by atoms with van der Waals surface area (Å²) in [5, 5.41) is 19.3. The number of aromatic nitrogens is 1. The van der Waals surface area contributed by atoms with Crippen LogP contribution in [-0.4, -0.2) is 33.3 Å². The lowest BCUT2D eigenvalue weighted by Crippen LogP contribution is -2.11. The zero-order valence-electron chi connectivity index (χ0n) is 19.8. The van der Waals surface area contributed by atoms with Gasteiger partial charge >= 0.3 is 11.9 Å². The van der Waals surface area contributed by atoms with E-state index in [-0.39, 0.29) is 13.0 Å². The van der Waals surface area contributed by atoms with Crippen molar-refractivity contribution in [1.82, 2.24) is 4.57 Å². The summed E-state index contributed by atoms with van der Waals surface area (Å²) < 4.78 is 7.64. The highest BCUT2D eigenvalue weighted by Gasteiger charge is 2.21. The molecular formula is C30H27NO5. The van der Waals surface area contributed by atoms with E-state index >= 15 is 0 Å². The van der Waals surface area contributed by atoms with Crippen molar-refractivity contribution in [3.63, 3.8) is 0 Å². The molecule has 182 valence electrons. The monoisotopic (exact) mass is 481 g/mol. The summed E-state index contributed by atoms with van der Waals surface area (Å²) in [7, 11) is 0. The predicted octanol–water partition coefficient (Wildman–Crippen LogP) is 5.32. The first kappa shape index (κ1) is 23.4. The smallest absolute Gasteiger partial charge is 0.323 e. The van der Waals surface area contributed by atoms with E-state index in [4.69, 9.17) is 4.74 Å². The zero-order chi connectivity index (χ0) is 25.1. The molecule has 0 amide bonds. The van der Waals surface area contributed by atoms with E-state index in [2.05, 4.69) is 24.3 Å². The van der Waals surface area contributed by atoms with E-state index in [1.807, 2.05) is 54.6 Å². The quantitative estimate of drug-likeness (QED) is 0.316. The normalized spacial score (nSPS) is 13.3. The number of carboxylic acids is 2. The van der Waals surface area contributed by atoms with Gasteiger partial charge in [0.15, 0.2) is 0 Å². The van der Waals surface area contributed by atoms with Crippen LogP contribution in [0.1, 0.15) is 27.8 Å². The molecule has 0 aliphatic heterocycles. The number of nitrogens with zero attached hydrogens (tertiary/aromatic N) is 1. The molecule has 36 heavy (non-hydrogen) atoms. The molecule has 4 aromatic rings. The molecule has 0 atom stereocenters. The lowest BCUT2D eigenvalue weighted by Gasteiger charge is -2.11. The van der Waals surface area contributed by atoms with Gasteiger partial charge < -0.3 is 19.5 Å². The van der Waals surface area contributed by atoms with Gasteiger partial charge in [-0.3, -0.25) is 9.59 Å². The molecule has 1 aromatic heterocycles. The largest absolute Gasteiger partial charge is 0.493 e. The molecule has 0 saturated carbocycles. The molecule has 6 nitrogen and oxygen atoms in total. The van der Waals surface area contributed by atoms with Crippen LogP contribution >= 0.6 is 0 Å². The first-order valence-electron chi connectivity index (χ1n) is 12.0. The first-order chi connectivity index (χ1) is 17.5. The van der Waals surface area contributed by atoms with Crippen LogP contribution < -0.4 is 4.74 Å². The lowest BCUT2D eigenvalue weighted by molar-refractivity contribution is -0.138. The Kier molecular flexibility index (Phi) is 6.58. The van der Waals surface area contributed by atoms with Crippen molar-refractivity contribution >= 4 is 35.0 Å². The number of rotatable bonds is 9. The van der Waals surface area contributed by atoms with E-state index < -0.39 is 11.9 Å².